The van der Waals surface area contributed by atoms with Gasteiger partial charge in [0.1, 0.15) is 28.5 Å². The number of rotatable bonds is 3. The molecular weight excluding hydrogens is 648 g/mol. The number of nitrogen functional groups attached to an aromatic ring is 1. The first kappa shape index (κ1) is 30.5. The van der Waals surface area contributed by atoms with Gasteiger partial charge in [-0.2, -0.15) is 23.4 Å². The largest absolute Gasteiger partial charge is 0.417 e. The SMILES string of the molecule is C=CC(=O)N1CCN(c2nc(=O)n3c4c(c(-c5c(F)cc(F)c6sc(N)c(C#N)c56)c(C(F)(F)F)cc24)SCC2(CCC2)C3)CC1. The summed E-state index contributed by atoms with van der Waals surface area (Å²) in [7, 11) is 0. The number of fused-ring (bicyclic) bond motifs is 1. The number of nitrogens with zero attached hydrogens (tertiary/aromatic N) is 5. The maximum atomic E-state index is 16.0. The van der Waals surface area contributed by atoms with Crippen LogP contribution in [-0.4, -0.2) is 52.3 Å². The molecule has 4 aromatic rings. The topological polar surface area (TPSA) is 108 Å². The molecule has 1 spiro atoms. The molecule has 1 saturated carbocycles. The van der Waals surface area contributed by atoms with Crippen molar-refractivity contribution >= 4 is 60.8 Å². The molecule has 2 aromatic carbocycles. The number of carbonyl (C=O) groups is 1. The van der Waals surface area contributed by atoms with Crippen LogP contribution >= 0.6 is 23.1 Å². The number of amides is 1. The molecule has 3 aliphatic rings. The smallest absolute Gasteiger partial charge is 0.389 e. The van der Waals surface area contributed by atoms with E-state index in [4.69, 9.17) is 5.73 Å². The van der Waals surface area contributed by atoms with E-state index in [1.165, 1.54) is 10.6 Å². The zero-order chi connectivity index (χ0) is 32.7. The van der Waals surface area contributed by atoms with Crippen molar-refractivity contribution in [1.82, 2.24) is 14.5 Å². The fraction of sp³-hybridized carbons (Fsp3) is 0.355. The van der Waals surface area contributed by atoms with Crippen LogP contribution in [0.5, 0.6) is 0 Å². The van der Waals surface area contributed by atoms with Gasteiger partial charge in [0.2, 0.25) is 5.91 Å². The second kappa shape index (κ2) is 10.7. The van der Waals surface area contributed by atoms with Crippen LogP contribution in [0.4, 0.5) is 32.8 Å². The highest BCUT2D eigenvalue weighted by Gasteiger charge is 2.44. The number of nitriles is 1. The van der Waals surface area contributed by atoms with Crippen LogP contribution in [-0.2, 0) is 17.5 Å². The molecule has 0 atom stereocenters. The Morgan fingerprint density at radius 1 is 1.13 bits per heavy atom. The van der Waals surface area contributed by atoms with Crippen molar-refractivity contribution < 1.29 is 26.7 Å². The second-order valence-corrected chi connectivity index (χ2v) is 13.9. The minimum Gasteiger partial charge on any atom is -0.389 e. The molecule has 238 valence electrons. The van der Waals surface area contributed by atoms with Crippen molar-refractivity contribution in [3.63, 3.8) is 0 Å². The predicted octanol–water partition coefficient (Wildman–Crippen LogP) is 6.14. The standard InChI is InChI=1S/C31H25F5N6O2S2/c1-2-20(43)40-6-8-41(9-7-40)28-15-10-17(31(34,35)36)22(23-18(32)11-19(33)25-21(23)16(12-37)27(38)46-25)26-24(15)42(29(44)39-28)13-30(14-45-26)4-3-5-30/h2,10-11H,1,3-9,13-14,38H2. The molecule has 1 amide bonds. The van der Waals surface area contributed by atoms with E-state index in [0.29, 0.717) is 23.2 Å². The molecule has 7 rings (SSSR count). The fourth-order valence-corrected chi connectivity index (χ4v) is 9.30. The van der Waals surface area contributed by atoms with Crippen molar-refractivity contribution in [3.8, 4) is 17.2 Å². The van der Waals surface area contributed by atoms with Crippen LogP contribution < -0.4 is 16.3 Å². The van der Waals surface area contributed by atoms with E-state index in [0.717, 1.165) is 37.1 Å². The Kier molecular flexibility index (Phi) is 7.09. The van der Waals surface area contributed by atoms with Crippen LogP contribution in [0.3, 0.4) is 0 Å². The van der Waals surface area contributed by atoms with E-state index < -0.39 is 40.2 Å². The van der Waals surface area contributed by atoms with Gasteiger partial charge < -0.3 is 15.5 Å². The quantitative estimate of drug-likeness (QED) is 0.206. The number of thioether (sulfide) groups is 1. The zero-order valence-electron chi connectivity index (χ0n) is 24.1. The van der Waals surface area contributed by atoms with E-state index in [-0.39, 0.29) is 86.3 Å². The molecule has 2 N–H and O–H groups in total. The summed E-state index contributed by atoms with van der Waals surface area (Å²) in [6, 6.07) is 3.21. The number of hydrogen-bond acceptors (Lipinski definition) is 8. The van der Waals surface area contributed by atoms with Gasteiger partial charge in [-0.15, -0.1) is 23.1 Å². The maximum Gasteiger partial charge on any atom is 0.417 e. The summed E-state index contributed by atoms with van der Waals surface area (Å²) in [5.41, 5.74) is 2.45. The lowest BCUT2D eigenvalue weighted by Gasteiger charge is -2.41. The van der Waals surface area contributed by atoms with Crippen LogP contribution in [0.25, 0.3) is 32.1 Å². The van der Waals surface area contributed by atoms with E-state index >= 15 is 22.0 Å². The highest BCUT2D eigenvalue weighted by Crippen LogP contribution is 2.55. The number of benzene rings is 2. The van der Waals surface area contributed by atoms with Gasteiger partial charge in [0.15, 0.2) is 0 Å². The van der Waals surface area contributed by atoms with Crippen molar-refractivity contribution in [2.24, 2.45) is 5.41 Å². The van der Waals surface area contributed by atoms with Gasteiger partial charge in [-0.3, -0.25) is 9.36 Å². The first-order chi connectivity index (χ1) is 21.9. The lowest BCUT2D eigenvalue weighted by atomic mass is 9.70. The molecule has 2 fully saturated rings. The first-order valence-corrected chi connectivity index (χ1v) is 16.3. The number of alkyl halides is 3. The molecule has 15 heteroatoms. The molecule has 46 heavy (non-hydrogen) atoms. The van der Waals surface area contributed by atoms with Gasteiger partial charge in [0, 0.05) is 71.3 Å². The minimum atomic E-state index is -5.03. The number of carbonyl (C=O) groups excluding carboxylic acids is 1. The number of aromatic nitrogens is 2. The molecule has 2 aromatic heterocycles. The van der Waals surface area contributed by atoms with E-state index in [1.807, 2.05) is 6.07 Å². The van der Waals surface area contributed by atoms with E-state index in [1.54, 1.807) is 9.80 Å². The Hall–Kier alpha value is -4.16. The van der Waals surface area contributed by atoms with Gasteiger partial charge in [0.05, 0.1) is 21.3 Å². The number of hydrogen-bond donors (Lipinski definition) is 1. The first-order valence-electron chi connectivity index (χ1n) is 14.5. The van der Waals surface area contributed by atoms with Crippen LogP contribution in [0.1, 0.15) is 30.4 Å². The number of nitrogens with two attached hydrogens (primary N) is 1. The van der Waals surface area contributed by atoms with Crippen molar-refractivity contribution in [3.05, 3.63) is 58.0 Å². The van der Waals surface area contributed by atoms with Gasteiger partial charge in [-0.25, -0.2) is 13.6 Å². The summed E-state index contributed by atoms with van der Waals surface area (Å²) >= 11 is 1.77. The number of thiophene rings is 1. The molecule has 1 saturated heterocycles. The summed E-state index contributed by atoms with van der Waals surface area (Å²) < 4.78 is 77.8. The van der Waals surface area contributed by atoms with Crippen LogP contribution in [0.2, 0.25) is 0 Å². The molecule has 0 radical (unpaired) electrons. The van der Waals surface area contributed by atoms with Crippen molar-refractivity contribution in [2.75, 3.05) is 42.6 Å². The molecule has 8 nitrogen and oxygen atoms in total. The lowest BCUT2D eigenvalue weighted by molar-refractivity contribution is -0.137. The van der Waals surface area contributed by atoms with Crippen molar-refractivity contribution in [1.29, 1.82) is 5.26 Å². The predicted molar refractivity (Wildman–Crippen MR) is 167 cm³/mol. The van der Waals surface area contributed by atoms with E-state index in [2.05, 4.69) is 11.6 Å². The zero-order valence-corrected chi connectivity index (χ0v) is 25.8. The molecule has 0 unspecified atom stereocenters. The summed E-state index contributed by atoms with van der Waals surface area (Å²) in [4.78, 5) is 33.5. The van der Waals surface area contributed by atoms with Gasteiger partial charge in [-0.1, -0.05) is 13.0 Å². The Morgan fingerprint density at radius 2 is 1.85 bits per heavy atom. The Bertz CT molecular complexity index is 2090. The highest BCUT2D eigenvalue weighted by molar-refractivity contribution is 7.99. The normalized spacial score (nSPS) is 17.7. The van der Waals surface area contributed by atoms with E-state index in [9.17, 15) is 14.9 Å². The van der Waals surface area contributed by atoms with Crippen LogP contribution in [0.15, 0.2) is 34.5 Å². The minimum absolute atomic E-state index is 0.00953. The molecule has 1 aliphatic carbocycles. The second-order valence-electron chi connectivity index (χ2n) is 11.9. The molecule has 2 aliphatic heterocycles. The van der Waals surface area contributed by atoms with Crippen molar-refractivity contribution in [2.45, 2.75) is 36.9 Å². The molecular formula is C31H25F5N6O2S2. The van der Waals surface area contributed by atoms with Gasteiger partial charge in [-0.05, 0) is 30.4 Å². The average molecular weight is 673 g/mol. The number of anilines is 2. The number of halogens is 5. The average Bonchev–Trinajstić information content (AvgIpc) is 3.21. The third-order valence-electron chi connectivity index (χ3n) is 9.26. The van der Waals surface area contributed by atoms with Gasteiger partial charge in [0.25, 0.3) is 0 Å². The third kappa shape index (κ3) is 4.56. The molecule has 0 bridgehead atoms. The highest BCUT2D eigenvalue weighted by atomic mass is 32.2. The Morgan fingerprint density at radius 3 is 2.46 bits per heavy atom. The summed E-state index contributed by atoms with van der Waals surface area (Å²) in [5.74, 6) is -2.22. The Labute approximate surface area is 266 Å². The summed E-state index contributed by atoms with van der Waals surface area (Å²) in [6.45, 7) is 4.60. The summed E-state index contributed by atoms with van der Waals surface area (Å²) in [5, 5.41) is 9.47. The fourth-order valence-electron chi connectivity index (χ4n) is 6.83. The van der Waals surface area contributed by atoms with Crippen LogP contribution in [0, 0.1) is 28.4 Å². The third-order valence-corrected chi connectivity index (χ3v) is 11.7. The Balaban J connectivity index is 1.58. The summed E-state index contributed by atoms with van der Waals surface area (Å²) in [6.07, 6.45) is -1.46. The van der Waals surface area contributed by atoms with Gasteiger partial charge >= 0.3 is 11.9 Å². The molecule has 4 heterocycles. The lowest BCUT2D eigenvalue weighted by Crippen LogP contribution is -2.49. The number of piperazine rings is 1. The monoisotopic (exact) mass is 672 g/mol. The maximum absolute atomic E-state index is 16.0.